The topological polar surface area (TPSA) is 101 Å². The summed E-state index contributed by atoms with van der Waals surface area (Å²) in [5.74, 6) is 4.04. The Hall–Kier alpha value is -4.29. The Morgan fingerprint density at radius 1 is 1.10 bits per heavy atom. The van der Waals surface area contributed by atoms with Gasteiger partial charge in [0.15, 0.2) is 0 Å². The van der Waals surface area contributed by atoms with E-state index in [4.69, 9.17) is 4.74 Å². The van der Waals surface area contributed by atoms with E-state index in [1.807, 2.05) is 6.92 Å². The number of ether oxygens (including phenoxy) is 1. The van der Waals surface area contributed by atoms with Crippen LogP contribution in [0.1, 0.15) is 58.0 Å². The third kappa shape index (κ3) is 8.22. The van der Waals surface area contributed by atoms with Gasteiger partial charge >= 0.3 is 6.18 Å². The number of benzene rings is 2. The molecule has 9 nitrogen and oxygen atoms in total. The smallest absolute Gasteiger partial charge is 0.381 e. The minimum atomic E-state index is -4.58. The van der Waals surface area contributed by atoms with Crippen molar-refractivity contribution in [1.82, 2.24) is 25.1 Å². The van der Waals surface area contributed by atoms with E-state index >= 15 is 4.39 Å². The number of carbonyl (C=O) groups excluding carboxylic acids is 2. The van der Waals surface area contributed by atoms with Gasteiger partial charge in [0.2, 0.25) is 0 Å². The van der Waals surface area contributed by atoms with Crippen LogP contribution >= 0.6 is 0 Å². The van der Waals surface area contributed by atoms with Crippen LogP contribution in [0.4, 0.5) is 32.0 Å². The standard InChI is InChI=1S/C33H36F6N6O3/c1-19-15-44(22-7-10-48-11-8-22)16-25(34)28(19)43-32(47)24-12-20(13-27-29(24)42-18-45(27)17-33(37,38)39)4-3-9-41-26-6-5-21(31(46)40-2)14-23(26)30(35)36/h5-6,12-14,18-19,22,25,28,30,41H,7-11,15-17H2,1-2H3,(H,40,46)(H,43,47)/t19-,25-,28+/m0/s1. The van der Waals surface area contributed by atoms with E-state index in [1.54, 1.807) is 0 Å². The van der Waals surface area contributed by atoms with Crippen molar-refractivity contribution in [3.8, 4) is 11.8 Å². The molecule has 15 heteroatoms. The maximum Gasteiger partial charge on any atom is 0.406 e. The molecule has 3 heterocycles. The highest BCUT2D eigenvalue weighted by Gasteiger charge is 2.39. The van der Waals surface area contributed by atoms with Gasteiger partial charge in [-0.25, -0.2) is 18.2 Å². The lowest BCUT2D eigenvalue weighted by atomic mass is 9.89. The number of hydrogen-bond donors (Lipinski definition) is 3. The molecule has 2 aromatic carbocycles. The van der Waals surface area contributed by atoms with Gasteiger partial charge in [0.05, 0.1) is 30.0 Å². The highest BCUT2D eigenvalue weighted by atomic mass is 19.4. The number of piperidine rings is 1. The summed E-state index contributed by atoms with van der Waals surface area (Å²) in [5, 5.41) is 7.90. The summed E-state index contributed by atoms with van der Waals surface area (Å²) < 4.78 is 89.3. The Morgan fingerprint density at radius 3 is 2.52 bits per heavy atom. The number of carbonyl (C=O) groups is 2. The number of fused-ring (bicyclic) bond motifs is 1. The van der Waals surface area contributed by atoms with Gasteiger partial charge in [-0.2, -0.15) is 13.2 Å². The second-order valence-electron chi connectivity index (χ2n) is 12.0. The normalized spacial score (nSPS) is 20.7. The molecule has 0 spiro atoms. The highest BCUT2D eigenvalue weighted by molar-refractivity contribution is 6.05. The average molecular weight is 679 g/mol. The molecule has 0 saturated carbocycles. The maximum atomic E-state index is 15.5. The SMILES string of the molecule is CNC(=O)c1ccc(NCC#Cc2cc(C(=O)N[C@@H]3[C@@H](C)CN(C4CCOCC4)C[C@@H]3F)c3ncn(CC(F)(F)F)c3c2)c(C(F)F)c1. The van der Waals surface area contributed by atoms with Crippen molar-refractivity contribution in [1.29, 1.82) is 0 Å². The number of rotatable bonds is 8. The van der Waals surface area contributed by atoms with Crippen LogP contribution in [0.3, 0.4) is 0 Å². The Morgan fingerprint density at radius 2 is 1.85 bits per heavy atom. The Labute approximate surface area is 273 Å². The molecule has 2 saturated heterocycles. The molecule has 0 aliphatic carbocycles. The van der Waals surface area contributed by atoms with Crippen molar-refractivity contribution in [3.63, 3.8) is 0 Å². The van der Waals surface area contributed by atoms with Crippen LogP contribution in [-0.4, -0.2) is 90.6 Å². The lowest BCUT2D eigenvalue weighted by Crippen LogP contribution is -2.59. The summed E-state index contributed by atoms with van der Waals surface area (Å²) in [5.41, 5.74) is -0.209. The van der Waals surface area contributed by atoms with Gasteiger partial charge in [-0.05, 0) is 49.1 Å². The second kappa shape index (κ2) is 14.9. The van der Waals surface area contributed by atoms with Gasteiger partial charge in [0.25, 0.3) is 18.2 Å². The first-order valence-corrected chi connectivity index (χ1v) is 15.5. The zero-order valence-corrected chi connectivity index (χ0v) is 26.3. The molecule has 48 heavy (non-hydrogen) atoms. The number of amides is 2. The molecular weight excluding hydrogens is 642 g/mol. The molecule has 0 unspecified atom stereocenters. The largest absolute Gasteiger partial charge is 0.406 e. The number of anilines is 1. The molecule has 258 valence electrons. The molecule has 2 aliphatic heterocycles. The summed E-state index contributed by atoms with van der Waals surface area (Å²) in [6, 6.07) is 5.85. The molecule has 3 N–H and O–H groups in total. The first-order chi connectivity index (χ1) is 22.8. The third-order valence-corrected chi connectivity index (χ3v) is 8.63. The van der Waals surface area contributed by atoms with E-state index in [2.05, 4.69) is 37.7 Å². The molecule has 2 amide bonds. The van der Waals surface area contributed by atoms with Crippen LogP contribution in [0.2, 0.25) is 0 Å². The van der Waals surface area contributed by atoms with Gasteiger partial charge in [0, 0.05) is 61.8 Å². The quantitative estimate of drug-likeness (QED) is 0.231. The molecule has 0 radical (unpaired) electrons. The first kappa shape index (κ1) is 35.0. The van der Waals surface area contributed by atoms with Crippen molar-refractivity contribution in [3.05, 3.63) is 58.9 Å². The monoisotopic (exact) mass is 678 g/mol. The van der Waals surface area contributed by atoms with Crippen LogP contribution in [0.5, 0.6) is 0 Å². The van der Waals surface area contributed by atoms with Gasteiger partial charge in [-0.15, -0.1) is 0 Å². The van der Waals surface area contributed by atoms with Crippen molar-refractivity contribution < 1.29 is 40.7 Å². The van der Waals surface area contributed by atoms with Gasteiger partial charge in [-0.1, -0.05) is 18.8 Å². The molecule has 2 aliphatic rings. The zero-order chi connectivity index (χ0) is 34.6. The minimum absolute atomic E-state index is 0.000842. The predicted molar refractivity (Wildman–Crippen MR) is 167 cm³/mol. The number of likely N-dealkylation sites (tertiary alicyclic amines) is 1. The lowest BCUT2D eigenvalue weighted by Gasteiger charge is -2.44. The predicted octanol–water partition coefficient (Wildman–Crippen LogP) is 4.93. The molecule has 3 atom stereocenters. The van der Waals surface area contributed by atoms with Crippen molar-refractivity contribution >= 4 is 28.5 Å². The summed E-state index contributed by atoms with van der Waals surface area (Å²) in [7, 11) is 1.38. The van der Waals surface area contributed by atoms with E-state index < -0.39 is 48.7 Å². The Kier molecular flexibility index (Phi) is 10.8. The summed E-state index contributed by atoms with van der Waals surface area (Å²) in [6.45, 7) is 2.26. The molecular formula is C33H36F6N6O3. The number of halogens is 6. The highest BCUT2D eigenvalue weighted by Crippen LogP contribution is 2.29. The summed E-state index contributed by atoms with van der Waals surface area (Å²) >= 11 is 0. The van der Waals surface area contributed by atoms with Crippen molar-refractivity contribution in [2.24, 2.45) is 5.92 Å². The number of alkyl halides is 6. The molecule has 0 bridgehead atoms. The van der Waals surface area contributed by atoms with Crippen LogP contribution in [0.25, 0.3) is 11.0 Å². The molecule has 1 aromatic heterocycles. The van der Waals surface area contributed by atoms with E-state index in [-0.39, 0.29) is 58.5 Å². The number of imidazole rings is 1. The fourth-order valence-corrected chi connectivity index (χ4v) is 6.27. The maximum absolute atomic E-state index is 15.5. The molecule has 5 rings (SSSR count). The summed E-state index contributed by atoms with van der Waals surface area (Å²) in [4.78, 5) is 31.7. The van der Waals surface area contributed by atoms with Gasteiger partial charge in [-0.3, -0.25) is 14.5 Å². The van der Waals surface area contributed by atoms with Crippen molar-refractivity contribution in [2.75, 3.05) is 45.2 Å². The number of nitrogens with one attached hydrogen (secondary N) is 3. The van der Waals surface area contributed by atoms with Crippen LogP contribution in [0.15, 0.2) is 36.7 Å². The van der Waals surface area contributed by atoms with E-state index in [9.17, 15) is 31.5 Å². The average Bonchev–Trinajstić information content (AvgIpc) is 3.44. The minimum Gasteiger partial charge on any atom is -0.381 e. The lowest BCUT2D eigenvalue weighted by molar-refractivity contribution is -0.140. The fraction of sp³-hybridized carbons (Fsp3) is 0.485. The van der Waals surface area contributed by atoms with Crippen LogP contribution in [-0.2, 0) is 11.3 Å². The Bertz CT molecular complexity index is 1680. The Balaban J connectivity index is 1.37. The summed E-state index contributed by atoms with van der Waals surface area (Å²) in [6.07, 6.45) is -6.26. The zero-order valence-electron chi connectivity index (χ0n) is 26.3. The molecule has 2 fully saturated rings. The van der Waals surface area contributed by atoms with Crippen LogP contribution in [0, 0.1) is 17.8 Å². The number of aromatic nitrogens is 2. The molecule has 3 aromatic rings. The van der Waals surface area contributed by atoms with Gasteiger partial charge < -0.3 is 25.3 Å². The first-order valence-electron chi connectivity index (χ1n) is 15.5. The van der Waals surface area contributed by atoms with Crippen LogP contribution < -0.4 is 16.0 Å². The van der Waals surface area contributed by atoms with E-state index in [1.165, 1.54) is 31.3 Å². The third-order valence-electron chi connectivity index (χ3n) is 8.63. The number of nitrogens with zero attached hydrogens (tertiary/aromatic N) is 3. The number of hydrogen-bond acceptors (Lipinski definition) is 6. The van der Waals surface area contributed by atoms with Gasteiger partial charge in [0.1, 0.15) is 18.2 Å². The second-order valence-corrected chi connectivity index (χ2v) is 12.0. The van der Waals surface area contributed by atoms with E-state index in [0.29, 0.717) is 19.8 Å². The van der Waals surface area contributed by atoms with E-state index in [0.717, 1.165) is 29.8 Å². The van der Waals surface area contributed by atoms with Crippen molar-refractivity contribution in [2.45, 2.75) is 57.2 Å². The fourth-order valence-electron chi connectivity index (χ4n) is 6.27.